The van der Waals surface area contributed by atoms with Crippen molar-refractivity contribution in [2.75, 3.05) is 75.3 Å². The Hall–Kier alpha value is -7.20. The molecule has 1 unspecified atom stereocenters. The van der Waals surface area contributed by atoms with E-state index in [-0.39, 0.29) is 60.7 Å². The van der Waals surface area contributed by atoms with Gasteiger partial charge in [0.2, 0.25) is 17.7 Å². The Balaban J connectivity index is 0.677. The maximum Gasteiger partial charge on any atom is 0.324 e. The van der Waals surface area contributed by atoms with Crippen LogP contribution in [0.25, 0.3) is 26.4 Å². The molecule has 1 atom stereocenters. The summed E-state index contributed by atoms with van der Waals surface area (Å²) in [5, 5.41) is 17.2. The fourth-order valence-electron chi connectivity index (χ4n) is 7.32. The van der Waals surface area contributed by atoms with E-state index in [2.05, 4.69) is 31.7 Å². The molecule has 0 spiro atoms. The van der Waals surface area contributed by atoms with Crippen molar-refractivity contribution in [2.24, 2.45) is 0 Å². The van der Waals surface area contributed by atoms with Crippen LogP contribution in [0.1, 0.15) is 60.1 Å². The van der Waals surface area contributed by atoms with Gasteiger partial charge in [-0.25, -0.2) is 9.78 Å². The maximum absolute atomic E-state index is 13.2. The number of hydrogen-bond donors (Lipinski definition) is 5. The van der Waals surface area contributed by atoms with E-state index in [4.69, 9.17) is 28.5 Å². The van der Waals surface area contributed by atoms with Crippen LogP contribution in [0.2, 0.25) is 0 Å². The van der Waals surface area contributed by atoms with Crippen molar-refractivity contribution < 1.29 is 52.2 Å². The van der Waals surface area contributed by atoms with Crippen LogP contribution < -0.4 is 31.3 Å². The predicted molar refractivity (Wildman–Crippen MR) is 246 cm³/mol. The lowest BCUT2D eigenvalue weighted by atomic mass is 9.93. The molecule has 2 aliphatic rings. The van der Waals surface area contributed by atoms with E-state index in [0.29, 0.717) is 62.7 Å². The van der Waals surface area contributed by atoms with Crippen LogP contribution in [-0.4, -0.2) is 120 Å². The molecule has 21 heteroatoms. The summed E-state index contributed by atoms with van der Waals surface area (Å²) in [5.74, 6) is -1.07. The molecule has 0 saturated carbocycles. The molecule has 5 N–H and O–H groups in total. The number of nitrogens with zero attached hydrogens (tertiary/aromatic N) is 4. The Morgan fingerprint density at radius 3 is 2.36 bits per heavy atom. The van der Waals surface area contributed by atoms with E-state index in [1.807, 2.05) is 73.8 Å². The fraction of sp³-hybridized carbons (Fsp3) is 0.348. The summed E-state index contributed by atoms with van der Waals surface area (Å²) in [6.07, 6.45) is 2.05. The molecule has 1 saturated heterocycles. The molecule has 3 aromatic carbocycles. The van der Waals surface area contributed by atoms with E-state index in [9.17, 15) is 28.8 Å². The topological polar surface area (TPSA) is 246 Å². The molecule has 3 aromatic heterocycles. The second-order valence-corrected chi connectivity index (χ2v) is 17.6. The average molecular weight is 936 g/mol. The lowest BCUT2D eigenvalue weighted by Crippen LogP contribution is -2.54. The second-order valence-electron chi connectivity index (χ2n) is 16.6. The van der Waals surface area contributed by atoms with Gasteiger partial charge in [0.05, 0.1) is 73.2 Å². The van der Waals surface area contributed by atoms with Crippen LogP contribution in [-0.2, 0) is 34.0 Å². The summed E-state index contributed by atoms with van der Waals surface area (Å²) in [6, 6.07) is 18.2. The third-order valence-electron chi connectivity index (χ3n) is 10.7. The highest BCUT2D eigenvalue weighted by Crippen LogP contribution is 2.34. The molecule has 0 radical (unpaired) electrons. The first-order valence-electron chi connectivity index (χ1n) is 21.6. The number of rotatable bonds is 20. The minimum atomic E-state index is -1.08. The molecule has 6 aromatic rings. The number of carbonyl (C=O) groups is 6. The first-order chi connectivity index (χ1) is 32.3. The van der Waals surface area contributed by atoms with E-state index >= 15 is 0 Å². The van der Waals surface area contributed by atoms with Crippen LogP contribution >= 0.6 is 11.3 Å². The number of ether oxygens (including phenoxy) is 4. The zero-order chi connectivity index (χ0) is 47.1. The molecule has 0 aliphatic carbocycles. The lowest BCUT2D eigenvalue weighted by molar-refractivity contribution is -0.136. The van der Waals surface area contributed by atoms with Gasteiger partial charge >= 0.3 is 6.03 Å². The quantitative estimate of drug-likeness (QED) is 0.0488. The summed E-state index contributed by atoms with van der Waals surface area (Å²) in [7, 11) is 0. The van der Waals surface area contributed by atoms with Crippen molar-refractivity contribution in [2.45, 2.75) is 45.1 Å². The first kappa shape index (κ1) is 46.3. The van der Waals surface area contributed by atoms with Crippen LogP contribution in [0.15, 0.2) is 77.4 Å². The van der Waals surface area contributed by atoms with Crippen molar-refractivity contribution in [3.05, 3.63) is 89.8 Å². The number of urea groups is 1. The van der Waals surface area contributed by atoms with Crippen LogP contribution in [0.4, 0.5) is 22.0 Å². The third kappa shape index (κ3) is 11.1. The van der Waals surface area contributed by atoms with Gasteiger partial charge in [0.1, 0.15) is 24.2 Å². The van der Waals surface area contributed by atoms with Gasteiger partial charge in [-0.1, -0.05) is 55.5 Å². The monoisotopic (exact) mass is 935 g/mol. The van der Waals surface area contributed by atoms with E-state index in [0.717, 1.165) is 31.3 Å². The van der Waals surface area contributed by atoms with Crippen molar-refractivity contribution in [3.63, 3.8) is 0 Å². The summed E-state index contributed by atoms with van der Waals surface area (Å²) >= 11 is 1.58. The molecule has 67 heavy (non-hydrogen) atoms. The number of benzene rings is 3. The Morgan fingerprint density at radius 2 is 1.63 bits per heavy atom. The largest absolute Gasteiger partial charge is 0.491 e. The molecule has 1 fully saturated rings. The number of amides is 7. The van der Waals surface area contributed by atoms with Crippen molar-refractivity contribution in [1.82, 2.24) is 30.1 Å². The van der Waals surface area contributed by atoms with Crippen molar-refractivity contribution in [3.8, 4) is 17.0 Å². The minimum absolute atomic E-state index is 0.0196. The van der Waals surface area contributed by atoms with Crippen LogP contribution in [0.5, 0.6) is 5.75 Å². The second kappa shape index (κ2) is 20.5. The summed E-state index contributed by atoms with van der Waals surface area (Å²) in [6.45, 7) is 8.45. The summed E-state index contributed by atoms with van der Waals surface area (Å²) in [5.41, 5.74) is 3.53. The Labute approximate surface area is 387 Å². The standard InChI is InChI=1S/C46H49N9O11S/c1-46(2,3)36-24-37(53-66-36)51-44(61)49-28-9-7-27(8-10-28)32-26-54-34-23-29(11-13-35(34)67-45(54)50-32)65-22-21-64-20-19-63-18-17-62-16-15-47-39(57)25-48-31-6-4-5-30-40(31)43(60)55(42(30)59)33-12-14-38(56)52-41(33)58/h4-11,13,23-24,26,33,48H,12,14-22,25H2,1-3H3,(H,47,57)(H,52,56,58)(H2,49,51,53,61). The molecule has 7 amide bonds. The molecule has 0 bridgehead atoms. The molecule has 8 rings (SSSR count). The highest BCUT2D eigenvalue weighted by Gasteiger charge is 2.45. The predicted octanol–water partition coefficient (Wildman–Crippen LogP) is 5.20. The van der Waals surface area contributed by atoms with Gasteiger partial charge in [0.25, 0.3) is 11.8 Å². The van der Waals surface area contributed by atoms with Gasteiger partial charge in [-0.3, -0.25) is 43.9 Å². The van der Waals surface area contributed by atoms with E-state index < -0.39 is 35.7 Å². The number of hydrogen-bond acceptors (Lipinski definition) is 15. The smallest absolute Gasteiger partial charge is 0.324 e. The van der Waals surface area contributed by atoms with Gasteiger partial charge in [0, 0.05) is 53.6 Å². The number of piperidine rings is 1. The van der Waals surface area contributed by atoms with E-state index in [1.54, 1.807) is 29.5 Å². The highest BCUT2D eigenvalue weighted by molar-refractivity contribution is 7.23. The van der Waals surface area contributed by atoms with Gasteiger partial charge in [0.15, 0.2) is 10.8 Å². The third-order valence-corrected chi connectivity index (χ3v) is 11.7. The normalized spacial score (nSPS) is 15.0. The minimum Gasteiger partial charge on any atom is -0.491 e. The molecular formula is C46H49N9O11S. The van der Waals surface area contributed by atoms with Gasteiger partial charge in [-0.2, -0.15) is 0 Å². The molecule has 2 aliphatic heterocycles. The molecule has 5 heterocycles. The number of aromatic nitrogens is 3. The number of thiazole rings is 1. The zero-order valence-electron chi connectivity index (χ0n) is 37.0. The van der Waals surface area contributed by atoms with E-state index in [1.165, 1.54) is 6.07 Å². The summed E-state index contributed by atoms with van der Waals surface area (Å²) in [4.78, 5) is 81.8. The van der Waals surface area contributed by atoms with Crippen LogP contribution in [0.3, 0.4) is 0 Å². The fourth-order valence-corrected chi connectivity index (χ4v) is 8.31. The molecule has 20 nitrogen and oxygen atoms in total. The van der Waals surface area contributed by atoms with Gasteiger partial charge in [-0.05, 0) is 42.8 Å². The first-order valence-corrected chi connectivity index (χ1v) is 22.4. The number of imide groups is 2. The number of nitrogens with one attached hydrogen (secondary N) is 5. The van der Waals surface area contributed by atoms with Crippen molar-refractivity contribution in [1.29, 1.82) is 0 Å². The number of fused-ring (bicyclic) bond motifs is 4. The SMILES string of the molecule is CC(C)(C)c1cc(NC(=O)Nc2ccc(-c3cn4c(n3)sc3ccc(OCCOCCOCCOCCNC(=O)CNc5cccc6c5C(=O)N(C5CCC(=O)NC5=O)C6=O)cc34)cc2)no1. The number of anilines is 3. The number of imidazole rings is 1. The Bertz CT molecular complexity index is 2810. The Morgan fingerprint density at radius 1 is 0.881 bits per heavy atom. The van der Waals surface area contributed by atoms with Gasteiger partial charge < -0.3 is 39.4 Å². The number of carbonyl (C=O) groups excluding carboxylic acids is 6. The zero-order valence-corrected chi connectivity index (χ0v) is 37.8. The summed E-state index contributed by atoms with van der Waals surface area (Å²) < 4.78 is 31.2. The molecular weight excluding hydrogens is 887 g/mol. The van der Waals surface area contributed by atoms with Crippen LogP contribution in [0, 0.1) is 0 Å². The Kier molecular flexibility index (Phi) is 14.2. The maximum atomic E-state index is 13.2. The van der Waals surface area contributed by atoms with Gasteiger partial charge in [-0.15, -0.1) is 0 Å². The average Bonchev–Trinajstić information content (AvgIpc) is 4.08. The lowest BCUT2D eigenvalue weighted by Gasteiger charge is -2.27. The van der Waals surface area contributed by atoms with Crippen molar-refractivity contribution >= 4 is 79.3 Å². The highest BCUT2D eigenvalue weighted by atomic mass is 32.1. The molecule has 350 valence electrons.